The van der Waals surface area contributed by atoms with Crippen molar-refractivity contribution in [1.82, 2.24) is 14.8 Å². The second-order valence-corrected chi connectivity index (χ2v) is 11.9. The predicted octanol–water partition coefficient (Wildman–Crippen LogP) is 4.56. The summed E-state index contributed by atoms with van der Waals surface area (Å²) in [6.07, 6.45) is 2.70. The van der Waals surface area contributed by atoms with Crippen LogP contribution in [0.3, 0.4) is 0 Å². The lowest BCUT2D eigenvalue weighted by atomic mass is 10.1. The molecule has 5 rings (SSSR count). The summed E-state index contributed by atoms with van der Waals surface area (Å²) >= 11 is 5.84. The van der Waals surface area contributed by atoms with E-state index in [2.05, 4.69) is 10.6 Å². The molecule has 216 valence electrons. The van der Waals surface area contributed by atoms with Crippen molar-refractivity contribution in [2.45, 2.75) is 64.3 Å². The predicted molar refractivity (Wildman–Crippen MR) is 151 cm³/mol. The number of likely N-dealkylation sites (tertiary alicyclic amines) is 1. The number of aromatic nitrogens is 1. The molecule has 4 N–H and O–H groups in total. The number of rotatable bonds is 6. The number of ether oxygens (including phenoxy) is 1. The van der Waals surface area contributed by atoms with Crippen LogP contribution in [0.4, 0.5) is 19.7 Å². The number of urea groups is 1. The first-order valence-electron chi connectivity index (χ1n) is 13.3. The van der Waals surface area contributed by atoms with E-state index in [4.69, 9.17) is 22.1 Å². The lowest BCUT2D eigenvalue weighted by molar-refractivity contribution is -0.153. The number of nitrogens with zero attached hydrogens (tertiary/aromatic N) is 2. The first kappa shape index (κ1) is 28.4. The molecule has 3 atom stereocenters. The lowest BCUT2D eigenvalue weighted by Gasteiger charge is -2.27. The van der Waals surface area contributed by atoms with E-state index >= 15 is 0 Å². The van der Waals surface area contributed by atoms with Gasteiger partial charge in [0.05, 0.1) is 22.6 Å². The largest absolute Gasteiger partial charge is 0.460 e. The first-order chi connectivity index (χ1) is 19.3. The van der Waals surface area contributed by atoms with Gasteiger partial charge in [-0.1, -0.05) is 35.9 Å². The summed E-state index contributed by atoms with van der Waals surface area (Å²) in [5.41, 5.74) is 6.56. The van der Waals surface area contributed by atoms with Crippen LogP contribution in [0.2, 0.25) is 5.02 Å². The minimum absolute atomic E-state index is 0.00836. The molecule has 0 radical (unpaired) electrons. The number of piperidine rings is 1. The zero-order valence-corrected chi connectivity index (χ0v) is 23.6. The zero-order valence-electron chi connectivity index (χ0n) is 22.9. The quantitative estimate of drug-likeness (QED) is 0.366. The van der Waals surface area contributed by atoms with Gasteiger partial charge in [-0.2, -0.15) is 0 Å². The minimum Gasteiger partial charge on any atom is -0.460 e. The van der Waals surface area contributed by atoms with E-state index in [0.29, 0.717) is 28.6 Å². The Morgan fingerprint density at radius 3 is 2.61 bits per heavy atom. The molecular formula is C29H31ClFN5O5. The summed E-state index contributed by atoms with van der Waals surface area (Å²) in [6, 6.07) is 7.54. The molecule has 0 bridgehead atoms. The Labute approximate surface area is 240 Å². The normalized spacial score (nSPS) is 19.5. The Hall–Kier alpha value is -4.12. The Morgan fingerprint density at radius 2 is 1.90 bits per heavy atom. The highest BCUT2D eigenvalue weighted by Gasteiger charge is 2.56. The maximum atomic E-state index is 14.3. The van der Waals surface area contributed by atoms with E-state index < -0.39 is 41.4 Å². The molecule has 1 saturated heterocycles. The summed E-state index contributed by atoms with van der Waals surface area (Å²) in [6.45, 7) is 5.26. The highest BCUT2D eigenvalue weighted by atomic mass is 35.5. The number of esters is 1. The summed E-state index contributed by atoms with van der Waals surface area (Å²) in [5.74, 6) is -1.20. The van der Waals surface area contributed by atoms with E-state index in [0.717, 1.165) is 6.42 Å². The van der Waals surface area contributed by atoms with Gasteiger partial charge in [-0.05, 0) is 57.2 Å². The molecule has 0 unspecified atom stereocenters. The van der Waals surface area contributed by atoms with Crippen LogP contribution in [0.15, 0.2) is 42.6 Å². The van der Waals surface area contributed by atoms with E-state index in [1.807, 2.05) is 0 Å². The number of carbonyl (C=O) groups is 4. The molecule has 41 heavy (non-hydrogen) atoms. The summed E-state index contributed by atoms with van der Waals surface area (Å²) in [5, 5.41) is 6.06. The van der Waals surface area contributed by atoms with Crippen molar-refractivity contribution in [3.63, 3.8) is 0 Å². The van der Waals surface area contributed by atoms with Crippen molar-refractivity contribution < 1.29 is 28.3 Å². The molecule has 1 aromatic heterocycles. The van der Waals surface area contributed by atoms with Crippen LogP contribution >= 0.6 is 11.6 Å². The van der Waals surface area contributed by atoms with Crippen LogP contribution in [0.1, 0.15) is 44.7 Å². The highest BCUT2D eigenvalue weighted by Crippen LogP contribution is 2.48. The number of fused-ring (bicyclic) bond motifs is 2. The third-order valence-corrected chi connectivity index (χ3v) is 7.54. The molecule has 1 aliphatic carbocycles. The molecular weight excluding hydrogens is 553 g/mol. The van der Waals surface area contributed by atoms with Gasteiger partial charge in [-0.15, -0.1) is 0 Å². The molecule has 0 spiro atoms. The van der Waals surface area contributed by atoms with Crippen LogP contribution in [0, 0.1) is 11.7 Å². The maximum absolute atomic E-state index is 14.3. The van der Waals surface area contributed by atoms with E-state index in [1.54, 1.807) is 45.0 Å². The number of benzene rings is 2. The number of nitrogens with two attached hydrogens (primary N) is 1. The summed E-state index contributed by atoms with van der Waals surface area (Å²) < 4.78 is 20.8. The molecule has 2 aromatic carbocycles. The Balaban J connectivity index is 1.32. The Bertz CT molecular complexity index is 1560. The molecule has 3 aromatic rings. The fourth-order valence-corrected chi connectivity index (χ4v) is 5.55. The molecule has 1 saturated carbocycles. The van der Waals surface area contributed by atoms with Crippen molar-refractivity contribution in [2.75, 3.05) is 5.32 Å². The third kappa shape index (κ3) is 6.00. The maximum Gasteiger partial charge on any atom is 0.323 e. The van der Waals surface area contributed by atoms with Gasteiger partial charge in [0, 0.05) is 29.7 Å². The van der Waals surface area contributed by atoms with Crippen molar-refractivity contribution in [3.8, 4) is 0 Å². The summed E-state index contributed by atoms with van der Waals surface area (Å²) in [4.78, 5) is 52.6. The Kier molecular flexibility index (Phi) is 7.41. The average molecular weight is 584 g/mol. The van der Waals surface area contributed by atoms with Gasteiger partial charge < -0.3 is 26.0 Å². The molecule has 2 heterocycles. The highest BCUT2D eigenvalue weighted by molar-refractivity contribution is 6.30. The van der Waals surface area contributed by atoms with Gasteiger partial charge in [0.15, 0.2) is 0 Å². The number of anilines is 1. The van der Waals surface area contributed by atoms with Crippen LogP contribution in [-0.4, -0.2) is 51.1 Å². The Morgan fingerprint density at radius 1 is 1.15 bits per heavy atom. The van der Waals surface area contributed by atoms with Gasteiger partial charge in [0.25, 0.3) is 0 Å². The van der Waals surface area contributed by atoms with E-state index in [9.17, 15) is 23.6 Å². The van der Waals surface area contributed by atoms with Crippen LogP contribution < -0.4 is 16.4 Å². The number of hydrogen-bond donors (Lipinski definition) is 3. The molecule has 10 nitrogen and oxygen atoms in total. The average Bonchev–Trinajstić information content (AvgIpc) is 3.39. The van der Waals surface area contributed by atoms with Gasteiger partial charge in [0.1, 0.15) is 17.5 Å². The number of amides is 4. The number of carbonyl (C=O) groups excluding carboxylic acids is 4. The second-order valence-electron chi connectivity index (χ2n) is 11.4. The smallest absolute Gasteiger partial charge is 0.323 e. The van der Waals surface area contributed by atoms with Crippen molar-refractivity contribution >= 4 is 52.1 Å². The lowest BCUT2D eigenvalue weighted by Crippen LogP contribution is -2.49. The van der Waals surface area contributed by atoms with Gasteiger partial charge in [-0.3, -0.25) is 14.2 Å². The molecule has 2 aliphatic rings. The van der Waals surface area contributed by atoms with E-state index in [-0.39, 0.29) is 35.5 Å². The molecule has 12 heteroatoms. The van der Waals surface area contributed by atoms with Crippen molar-refractivity contribution in [2.24, 2.45) is 11.7 Å². The second kappa shape index (κ2) is 10.7. The van der Waals surface area contributed by atoms with Gasteiger partial charge in [-0.25, -0.2) is 14.0 Å². The number of hydrogen-bond acceptors (Lipinski definition) is 5. The third-order valence-electron chi connectivity index (χ3n) is 7.24. The number of halogens is 2. The topological polar surface area (TPSA) is 136 Å². The van der Waals surface area contributed by atoms with Crippen LogP contribution in [0.25, 0.3) is 10.9 Å². The number of primary amides is 1. The monoisotopic (exact) mass is 583 g/mol. The van der Waals surface area contributed by atoms with Gasteiger partial charge in [0.2, 0.25) is 5.91 Å². The first-order valence-corrected chi connectivity index (χ1v) is 13.7. The van der Waals surface area contributed by atoms with Crippen LogP contribution in [0.5, 0.6) is 0 Å². The van der Waals surface area contributed by atoms with Gasteiger partial charge >= 0.3 is 18.0 Å². The van der Waals surface area contributed by atoms with Crippen molar-refractivity contribution in [1.29, 1.82) is 0 Å². The standard InChI is InChI=1S/C29H31ClFN5O5/c1-29(2,3)41-24(37)10-15-7-8-18-20(14-35(27(32)39)22(18)9-15)34-28(40)36-21-11-17(21)12-23(36)26(38)33-13-16-5-4-6-19(30)25(16)31/h4-9,14,17,21,23H,10-13H2,1-3H3,(H2,32,39)(H,33,38)(H,34,40)/t17-,21-,23+/m1/s1. The fraction of sp³-hybridized carbons (Fsp3) is 0.379. The zero-order chi connectivity index (χ0) is 29.6. The van der Waals surface area contributed by atoms with Crippen molar-refractivity contribution in [3.05, 3.63) is 64.6 Å². The SMILES string of the molecule is CC(C)(C)OC(=O)Cc1ccc2c(NC(=O)N3[C@@H]4C[C@@H]4C[C@H]3C(=O)NCc3cccc(Cl)c3F)cn(C(N)=O)c2c1. The molecule has 4 amide bonds. The fourth-order valence-electron chi connectivity index (χ4n) is 5.36. The minimum atomic E-state index is -0.765. The van der Waals surface area contributed by atoms with E-state index in [1.165, 1.54) is 27.8 Å². The number of nitrogens with one attached hydrogen (secondary N) is 2. The van der Waals surface area contributed by atoms with Crippen LogP contribution in [-0.2, 0) is 27.3 Å². The molecule has 2 fully saturated rings. The summed E-state index contributed by atoms with van der Waals surface area (Å²) in [7, 11) is 0. The molecule has 1 aliphatic heterocycles.